The summed E-state index contributed by atoms with van der Waals surface area (Å²) in [6, 6.07) is 7.88. The molecule has 2 aromatic carbocycles. The van der Waals surface area contributed by atoms with Crippen LogP contribution in [-0.4, -0.2) is 48.0 Å². The van der Waals surface area contributed by atoms with E-state index in [1.165, 1.54) is 12.5 Å². The Kier molecular flexibility index (Phi) is 4.08. The van der Waals surface area contributed by atoms with E-state index in [-0.39, 0.29) is 29.7 Å². The minimum absolute atomic E-state index is 0.0960. The van der Waals surface area contributed by atoms with E-state index < -0.39 is 11.7 Å². The van der Waals surface area contributed by atoms with E-state index in [1.807, 2.05) is 12.1 Å². The number of halogens is 1. The molecule has 3 heterocycles. The number of para-hydroxylation sites is 1. The van der Waals surface area contributed by atoms with Crippen LogP contribution in [0.1, 0.15) is 10.4 Å². The molecule has 0 atom stereocenters. The second-order valence-corrected chi connectivity index (χ2v) is 7.01. The van der Waals surface area contributed by atoms with E-state index in [0.717, 1.165) is 6.07 Å². The van der Waals surface area contributed by atoms with Crippen LogP contribution in [0.3, 0.4) is 0 Å². The number of nitrogens with one attached hydrogen (secondary N) is 1. The zero-order valence-electron chi connectivity index (χ0n) is 15.2. The molecule has 0 saturated carbocycles. The number of hydrogen-bond acceptors (Lipinski definition) is 6. The van der Waals surface area contributed by atoms with Gasteiger partial charge in [0.15, 0.2) is 24.1 Å². The van der Waals surface area contributed by atoms with E-state index in [2.05, 4.69) is 10.3 Å². The van der Waals surface area contributed by atoms with Crippen molar-refractivity contribution in [1.29, 1.82) is 0 Å². The quantitative estimate of drug-likeness (QED) is 0.727. The van der Waals surface area contributed by atoms with Gasteiger partial charge >= 0.3 is 0 Å². The normalized spacial score (nSPS) is 16.0. The zero-order valence-corrected chi connectivity index (χ0v) is 15.2. The highest BCUT2D eigenvalue weighted by Crippen LogP contribution is 2.32. The average molecular weight is 397 g/mol. The third kappa shape index (κ3) is 3.14. The number of amides is 2. The van der Waals surface area contributed by atoms with E-state index in [0.29, 0.717) is 42.2 Å². The lowest BCUT2D eigenvalue weighted by Crippen LogP contribution is -2.52. The number of carbonyl (C=O) groups excluding carboxylic acids is 2. The summed E-state index contributed by atoms with van der Waals surface area (Å²) in [4.78, 5) is 29.8. The molecule has 5 rings (SSSR count). The third-order valence-electron chi connectivity index (χ3n) is 4.97. The van der Waals surface area contributed by atoms with Crippen LogP contribution in [-0.2, 0) is 4.79 Å². The molecule has 148 valence electrons. The van der Waals surface area contributed by atoms with Gasteiger partial charge in [-0.25, -0.2) is 9.37 Å². The van der Waals surface area contributed by atoms with Gasteiger partial charge in [-0.15, -0.1) is 0 Å². The van der Waals surface area contributed by atoms with Gasteiger partial charge in [-0.05, 0) is 18.2 Å². The molecule has 0 radical (unpaired) electrons. The Morgan fingerprint density at radius 1 is 1.34 bits per heavy atom. The average Bonchev–Trinajstić information content (AvgIpc) is 3.16. The molecule has 0 spiro atoms. The summed E-state index contributed by atoms with van der Waals surface area (Å²) in [5, 5.41) is 2.58. The van der Waals surface area contributed by atoms with Crippen LogP contribution < -0.4 is 14.8 Å². The molecule has 1 saturated heterocycles. The maximum Gasteiger partial charge on any atom is 0.262 e. The molecule has 2 aliphatic rings. The van der Waals surface area contributed by atoms with Crippen molar-refractivity contribution in [2.24, 2.45) is 5.92 Å². The summed E-state index contributed by atoms with van der Waals surface area (Å²) >= 11 is 0. The lowest BCUT2D eigenvalue weighted by Gasteiger charge is -2.39. The van der Waals surface area contributed by atoms with E-state index in [4.69, 9.17) is 13.9 Å². The minimum Gasteiger partial charge on any atom is -0.491 e. The third-order valence-corrected chi connectivity index (χ3v) is 4.97. The second-order valence-electron chi connectivity index (χ2n) is 7.01. The summed E-state index contributed by atoms with van der Waals surface area (Å²) in [6.07, 6.45) is 1.36. The van der Waals surface area contributed by atoms with Crippen molar-refractivity contribution in [2.45, 2.75) is 0 Å². The number of hydrogen-bond donors (Lipinski definition) is 1. The molecule has 0 unspecified atom stereocenters. The Labute approximate surface area is 164 Å². The van der Waals surface area contributed by atoms with Crippen LogP contribution in [0, 0.1) is 11.7 Å². The molecule has 0 aliphatic carbocycles. The molecule has 2 amide bonds. The lowest BCUT2D eigenvalue weighted by molar-refractivity contribution is -0.118. The molecular formula is C20H16FN3O5. The van der Waals surface area contributed by atoms with Crippen LogP contribution in [0.5, 0.6) is 11.5 Å². The molecule has 2 aliphatic heterocycles. The van der Waals surface area contributed by atoms with E-state index >= 15 is 0 Å². The van der Waals surface area contributed by atoms with Crippen molar-refractivity contribution in [3.63, 3.8) is 0 Å². The Bertz CT molecular complexity index is 1120. The molecule has 1 N–H and O–H groups in total. The first-order chi connectivity index (χ1) is 14.1. The Hall–Kier alpha value is -3.62. The predicted molar refractivity (Wildman–Crippen MR) is 99.4 cm³/mol. The van der Waals surface area contributed by atoms with Crippen molar-refractivity contribution in [3.8, 4) is 11.5 Å². The summed E-state index contributed by atoms with van der Waals surface area (Å²) in [6.45, 7) is 1.14. The fraction of sp³-hybridized carbons (Fsp3) is 0.250. The molecular weight excluding hydrogens is 381 g/mol. The molecule has 8 nitrogen and oxygen atoms in total. The standard InChI is InChI=1S/C20H16FN3O5/c21-13-5-17-14(23-18(25)9-28-17)4-12(13)20(26)24-6-11(7-24)8-27-15-2-1-3-16-19(15)22-10-29-16/h1-5,10-11H,6-9H2,(H,23,25). The number of likely N-dealkylation sites (tertiary alicyclic amines) is 1. The molecule has 1 aromatic heterocycles. The first-order valence-corrected chi connectivity index (χ1v) is 9.09. The van der Waals surface area contributed by atoms with E-state index in [1.54, 1.807) is 11.0 Å². The molecule has 0 bridgehead atoms. The molecule has 29 heavy (non-hydrogen) atoms. The SMILES string of the molecule is O=C1COc2cc(F)c(C(=O)N3CC(COc4cccc5ocnc45)C3)cc2N1. The van der Waals surface area contributed by atoms with Gasteiger partial charge < -0.3 is 24.1 Å². The highest BCUT2D eigenvalue weighted by atomic mass is 19.1. The number of fused-ring (bicyclic) bond motifs is 2. The van der Waals surface area contributed by atoms with Crippen LogP contribution >= 0.6 is 0 Å². The number of aromatic nitrogens is 1. The number of benzene rings is 2. The molecule has 9 heteroatoms. The molecule has 3 aromatic rings. The monoisotopic (exact) mass is 397 g/mol. The fourth-order valence-corrected chi connectivity index (χ4v) is 3.46. The van der Waals surface area contributed by atoms with Gasteiger partial charge in [-0.2, -0.15) is 0 Å². The number of ether oxygens (including phenoxy) is 2. The van der Waals surface area contributed by atoms with Crippen LogP contribution in [0.2, 0.25) is 0 Å². The van der Waals surface area contributed by atoms with Crippen LogP contribution in [0.25, 0.3) is 11.1 Å². The van der Waals surface area contributed by atoms with Crippen molar-refractivity contribution >= 4 is 28.6 Å². The fourth-order valence-electron chi connectivity index (χ4n) is 3.46. The van der Waals surface area contributed by atoms with Crippen molar-refractivity contribution in [2.75, 3.05) is 31.6 Å². The lowest BCUT2D eigenvalue weighted by atomic mass is 9.99. The van der Waals surface area contributed by atoms with Crippen LogP contribution in [0.15, 0.2) is 41.1 Å². The van der Waals surface area contributed by atoms with Gasteiger partial charge in [0, 0.05) is 25.1 Å². The van der Waals surface area contributed by atoms with Crippen molar-refractivity contribution in [3.05, 3.63) is 48.1 Å². The Morgan fingerprint density at radius 3 is 3.07 bits per heavy atom. The largest absolute Gasteiger partial charge is 0.491 e. The summed E-state index contributed by atoms with van der Waals surface area (Å²) in [5.74, 6) is -0.481. The predicted octanol–water partition coefficient (Wildman–Crippen LogP) is 2.45. The number of carbonyl (C=O) groups is 2. The summed E-state index contributed by atoms with van der Waals surface area (Å²) < 4.78 is 30.6. The first kappa shape index (κ1) is 17.5. The smallest absolute Gasteiger partial charge is 0.262 e. The topological polar surface area (TPSA) is 93.9 Å². The van der Waals surface area contributed by atoms with Gasteiger partial charge in [-0.1, -0.05) is 6.07 Å². The van der Waals surface area contributed by atoms with Crippen molar-refractivity contribution in [1.82, 2.24) is 9.88 Å². The number of rotatable bonds is 4. The Morgan fingerprint density at radius 2 is 2.21 bits per heavy atom. The van der Waals surface area contributed by atoms with Crippen LogP contribution in [0.4, 0.5) is 10.1 Å². The number of anilines is 1. The minimum atomic E-state index is -0.678. The maximum atomic E-state index is 14.3. The number of oxazole rings is 1. The van der Waals surface area contributed by atoms with Gasteiger partial charge in [0.2, 0.25) is 0 Å². The van der Waals surface area contributed by atoms with Gasteiger partial charge in [0.05, 0.1) is 17.9 Å². The highest BCUT2D eigenvalue weighted by molar-refractivity contribution is 6.00. The van der Waals surface area contributed by atoms with E-state index in [9.17, 15) is 14.0 Å². The second kappa shape index (κ2) is 6.77. The van der Waals surface area contributed by atoms with Crippen molar-refractivity contribution < 1.29 is 27.9 Å². The highest BCUT2D eigenvalue weighted by Gasteiger charge is 2.34. The first-order valence-electron chi connectivity index (χ1n) is 9.09. The Balaban J connectivity index is 1.22. The number of nitrogens with zero attached hydrogens (tertiary/aromatic N) is 2. The van der Waals surface area contributed by atoms with Gasteiger partial charge in [0.25, 0.3) is 11.8 Å². The van der Waals surface area contributed by atoms with Gasteiger partial charge in [0.1, 0.15) is 17.3 Å². The molecule has 1 fully saturated rings. The summed E-state index contributed by atoms with van der Waals surface area (Å²) in [5.41, 5.74) is 1.50. The van der Waals surface area contributed by atoms with Gasteiger partial charge in [-0.3, -0.25) is 9.59 Å². The zero-order chi connectivity index (χ0) is 20.0. The maximum absolute atomic E-state index is 14.3. The summed E-state index contributed by atoms with van der Waals surface area (Å²) in [7, 11) is 0.